The summed E-state index contributed by atoms with van der Waals surface area (Å²) in [5, 5.41) is 7.98. The molecule has 0 unspecified atom stereocenters. The first-order chi connectivity index (χ1) is 13.1. The Hall–Kier alpha value is -2.06. The van der Waals surface area contributed by atoms with E-state index in [4.69, 9.17) is 0 Å². The number of nitrogens with zero attached hydrogens (tertiary/aromatic N) is 4. The van der Waals surface area contributed by atoms with Crippen molar-refractivity contribution in [3.8, 4) is 0 Å². The SMILES string of the molecule is Cc1nnsc1C(=O)N1CCC2(CCN(C(=O)C=Cc3ccsc3)CC2)C1. The van der Waals surface area contributed by atoms with Gasteiger partial charge in [0.25, 0.3) is 5.91 Å². The highest BCUT2D eigenvalue weighted by molar-refractivity contribution is 7.08. The molecule has 0 aromatic carbocycles. The van der Waals surface area contributed by atoms with E-state index in [1.807, 2.05) is 39.6 Å². The van der Waals surface area contributed by atoms with Gasteiger partial charge in [0.1, 0.15) is 4.88 Å². The van der Waals surface area contributed by atoms with Crippen LogP contribution < -0.4 is 0 Å². The van der Waals surface area contributed by atoms with Gasteiger partial charge in [-0.1, -0.05) is 4.49 Å². The van der Waals surface area contributed by atoms with E-state index in [-0.39, 0.29) is 17.2 Å². The summed E-state index contributed by atoms with van der Waals surface area (Å²) in [5.74, 6) is 0.130. The Labute approximate surface area is 166 Å². The first kappa shape index (κ1) is 18.3. The van der Waals surface area contributed by atoms with E-state index in [0.717, 1.165) is 51.0 Å². The third-order valence-electron chi connectivity index (χ3n) is 5.67. The molecule has 0 atom stereocenters. The average molecular weight is 403 g/mol. The van der Waals surface area contributed by atoms with Crippen LogP contribution in [-0.2, 0) is 4.79 Å². The number of likely N-dealkylation sites (tertiary alicyclic amines) is 2. The molecule has 0 saturated carbocycles. The summed E-state index contributed by atoms with van der Waals surface area (Å²) >= 11 is 2.80. The molecular weight excluding hydrogens is 380 g/mol. The summed E-state index contributed by atoms with van der Waals surface area (Å²) in [4.78, 5) is 29.7. The number of thiophene rings is 1. The zero-order valence-corrected chi connectivity index (χ0v) is 16.9. The highest BCUT2D eigenvalue weighted by atomic mass is 32.1. The summed E-state index contributed by atoms with van der Waals surface area (Å²) in [5.41, 5.74) is 1.93. The molecule has 4 heterocycles. The lowest BCUT2D eigenvalue weighted by Crippen LogP contribution is -2.44. The molecule has 142 valence electrons. The minimum atomic E-state index is 0.0524. The molecule has 2 fully saturated rings. The molecule has 2 aliphatic heterocycles. The van der Waals surface area contributed by atoms with Crippen molar-refractivity contribution in [3.05, 3.63) is 39.0 Å². The average Bonchev–Trinajstić information content (AvgIpc) is 3.42. The summed E-state index contributed by atoms with van der Waals surface area (Å²) in [6.45, 7) is 4.90. The Kier molecular flexibility index (Phi) is 5.10. The predicted molar refractivity (Wildman–Crippen MR) is 107 cm³/mol. The van der Waals surface area contributed by atoms with Crippen LogP contribution in [0.4, 0.5) is 0 Å². The first-order valence-corrected chi connectivity index (χ1v) is 10.9. The molecule has 0 N–H and O–H groups in total. The number of aryl methyl sites for hydroxylation is 1. The number of piperidine rings is 1. The Morgan fingerprint density at radius 1 is 1.19 bits per heavy atom. The van der Waals surface area contributed by atoms with Crippen LogP contribution in [0.15, 0.2) is 22.9 Å². The van der Waals surface area contributed by atoms with Gasteiger partial charge in [-0.15, -0.1) is 5.10 Å². The van der Waals surface area contributed by atoms with E-state index in [0.29, 0.717) is 10.6 Å². The zero-order chi connectivity index (χ0) is 18.9. The predicted octanol–water partition coefficient (Wildman–Crippen LogP) is 3.08. The van der Waals surface area contributed by atoms with Gasteiger partial charge in [-0.2, -0.15) is 11.3 Å². The molecule has 0 radical (unpaired) electrons. The molecule has 4 rings (SSSR count). The molecular formula is C19H22N4O2S2. The van der Waals surface area contributed by atoms with Gasteiger partial charge >= 0.3 is 0 Å². The van der Waals surface area contributed by atoms with Crippen molar-refractivity contribution in [2.45, 2.75) is 26.2 Å². The largest absolute Gasteiger partial charge is 0.339 e. The van der Waals surface area contributed by atoms with Gasteiger partial charge in [-0.3, -0.25) is 9.59 Å². The Bertz CT molecular complexity index is 851. The normalized spacial score (nSPS) is 19.3. The molecule has 27 heavy (non-hydrogen) atoms. The molecule has 1 spiro atoms. The maximum absolute atomic E-state index is 12.7. The molecule has 8 heteroatoms. The van der Waals surface area contributed by atoms with Crippen molar-refractivity contribution in [1.29, 1.82) is 0 Å². The fourth-order valence-electron chi connectivity index (χ4n) is 3.93. The number of amides is 2. The second-order valence-electron chi connectivity index (χ2n) is 7.38. The van der Waals surface area contributed by atoms with Crippen molar-refractivity contribution < 1.29 is 9.59 Å². The number of aromatic nitrogens is 2. The van der Waals surface area contributed by atoms with E-state index in [2.05, 4.69) is 9.59 Å². The fourth-order valence-corrected chi connectivity index (χ4v) is 5.19. The Balaban J connectivity index is 1.33. The van der Waals surface area contributed by atoms with Crippen molar-refractivity contribution in [1.82, 2.24) is 19.4 Å². The second-order valence-corrected chi connectivity index (χ2v) is 8.91. The fraction of sp³-hybridized carbons (Fsp3) is 0.474. The lowest BCUT2D eigenvalue weighted by atomic mass is 9.78. The summed E-state index contributed by atoms with van der Waals surface area (Å²) < 4.78 is 3.88. The summed E-state index contributed by atoms with van der Waals surface area (Å²) in [7, 11) is 0. The number of rotatable bonds is 3. The minimum Gasteiger partial charge on any atom is -0.339 e. The van der Waals surface area contributed by atoms with Gasteiger partial charge < -0.3 is 9.80 Å². The van der Waals surface area contributed by atoms with Gasteiger partial charge in [0.05, 0.1) is 5.69 Å². The van der Waals surface area contributed by atoms with Crippen LogP contribution in [0.25, 0.3) is 6.08 Å². The van der Waals surface area contributed by atoms with Gasteiger partial charge in [0, 0.05) is 32.3 Å². The van der Waals surface area contributed by atoms with Crippen LogP contribution in [-0.4, -0.2) is 57.4 Å². The van der Waals surface area contributed by atoms with Gasteiger partial charge in [-0.25, -0.2) is 0 Å². The summed E-state index contributed by atoms with van der Waals surface area (Å²) in [6.07, 6.45) is 6.47. The smallest absolute Gasteiger partial charge is 0.267 e. The highest BCUT2D eigenvalue weighted by Gasteiger charge is 2.43. The van der Waals surface area contributed by atoms with Gasteiger partial charge in [-0.05, 0) is 71.6 Å². The van der Waals surface area contributed by atoms with Crippen molar-refractivity contribution in [2.75, 3.05) is 26.2 Å². The highest BCUT2D eigenvalue weighted by Crippen LogP contribution is 2.41. The van der Waals surface area contributed by atoms with Crippen molar-refractivity contribution >= 4 is 40.8 Å². The second kappa shape index (κ2) is 7.52. The number of carbonyl (C=O) groups is 2. The lowest BCUT2D eigenvalue weighted by Gasteiger charge is -2.38. The standard InChI is InChI=1S/C19H22N4O2S2/c1-14-17(27-21-20-14)18(25)23-10-7-19(13-23)5-8-22(9-6-19)16(24)3-2-15-4-11-26-12-15/h2-4,11-12H,5-10,13H2,1H3. The Morgan fingerprint density at radius 3 is 2.56 bits per heavy atom. The maximum Gasteiger partial charge on any atom is 0.267 e. The van der Waals surface area contributed by atoms with E-state index in [1.165, 1.54) is 11.5 Å². The minimum absolute atomic E-state index is 0.0524. The first-order valence-electron chi connectivity index (χ1n) is 9.14. The van der Waals surface area contributed by atoms with Crippen LogP contribution in [0.5, 0.6) is 0 Å². The monoisotopic (exact) mass is 402 g/mol. The van der Waals surface area contributed by atoms with E-state index >= 15 is 0 Å². The number of hydrogen-bond acceptors (Lipinski definition) is 6. The molecule has 2 aliphatic rings. The number of carbonyl (C=O) groups excluding carboxylic acids is 2. The van der Waals surface area contributed by atoms with E-state index < -0.39 is 0 Å². The molecule has 2 saturated heterocycles. The molecule has 0 bridgehead atoms. The lowest BCUT2D eigenvalue weighted by molar-refractivity contribution is -0.128. The molecule has 2 amide bonds. The van der Waals surface area contributed by atoms with E-state index in [9.17, 15) is 9.59 Å². The van der Waals surface area contributed by atoms with Crippen LogP contribution >= 0.6 is 22.9 Å². The van der Waals surface area contributed by atoms with Gasteiger partial charge in [0.15, 0.2) is 0 Å². The third-order valence-corrected chi connectivity index (χ3v) is 7.19. The van der Waals surface area contributed by atoms with Crippen molar-refractivity contribution in [2.24, 2.45) is 5.41 Å². The van der Waals surface area contributed by atoms with Crippen LogP contribution in [0.1, 0.15) is 40.2 Å². The quantitative estimate of drug-likeness (QED) is 0.740. The summed E-state index contributed by atoms with van der Waals surface area (Å²) in [6, 6.07) is 2.00. The van der Waals surface area contributed by atoms with Crippen LogP contribution in [0.2, 0.25) is 0 Å². The number of hydrogen-bond donors (Lipinski definition) is 0. The van der Waals surface area contributed by atoms with Crippen LogP contribution in [0, 0.1) is 12.3 Å². The molecule has 0 aliphatic carbocycles. The van der Waals surface area contributed by atoms with E-state index in [1.54, 1.807) is 17.4 Å². The molecule has 6 nitrogen and oxygen atoms in total. The van der Waals surface area contributed by atoms with Crippen LogP contribution in [0.3, 0.4) is 0 Å². The topological polar surface area (TPSA) is 66.4 Å². The zero-order valence-electron chi connectivity index (χ0n) is 15.3. The van der Waals surface area contributed by atoms with Gasteiger partial charge in [0.2, 0.25) is 5.91 Å². The van der Waals surface area contributed by atoms with Crippen molar-refractivity contribution in [3.63, 3.8) is 0 Å². The third kappa shape index (κ3) is 3.82. The molecule has 2 aromatic rings. The Morgan fingerprint density at radius 2 is 1.93 bits per heavy atom. The maximum atomic E-state index is 12.7. The molecule has 2 aromatic heterocycles.